The minimum absolute atomic E-state index is 0.00458. The smallest absolute Gasteiger partial charge is 0.305 e. The van der Waals surface area contributed by atoms with E-state index in [-0.39, 0.29) is 18.4 Å². The molecule has 0 spiro atoms. The minimum Gasteiger partial charge on any atom is -0.481 e. The summed E-state index contributed by atoms with van der Waals surface area (Å²) in [5.74, 6) is -0.839. The van der Waals surface area contributed by atoms with Crippen molar-refractivity contribution in [2.75, 3.05) is 6.54 Å². The molecular formula is C13H16N2O3. The Labute approximate surface area is 105 Å². The van der Waals surface area contributed by atoms with E-state index in [1.807, 2.05) is 0 Å². The second-order valence-corrected chi connectivity index (χ2v) is 4.51. The predicted molar refractivity (Wildman–Crippen MR) is 64.9 cm³/mol. The number of nitrogens with zero attached hydrogens (tertiary/aromatic N) is 2. The molecule has 1 aromatic heterocycles. The standard InChI is InChI=1S/C13H16N2O3/c16-12(8-10-3-5-14-6-4-10)15-7-1-2-11(15)9-13(17)18/h3-6,11H,1-2,7-9H2,(H,17,18). The first-order valence-electron chi connectivity index (χ1n) is 6.07. The molecule has 96 valence electrons. The molecule has 1 aromatic rings. The summed E-state index contributed by atoms with van der Waals surface area (Å²) in [4.78, 5) is 28.5. The molecule has 2 heterocycles. The highest BCUT2D eigenvalue weighted by atomic mass is 16.4. The number of pyridine rings is 1. The van der Waals surface area contributed by atoms with Crippen LogP contribution in [0.3, 0.4) is 0 Å². The lowest BCUT2D eigenvalue weighted by Gasteiger charge is -2.23. The summed E-state index contributed by atoms with van der Waals surface area (Å²) in [6.07, 6.45) is 5.35. The summed E-state index contributed by atoms with van der Waals surface area (Å²) in [5, 5.41) is 8.82. The third-order valence-electron chi connectivity index (χ3n) is 3.21. The molecule has 1 saturated heterocycles. The van der Waals surface area contributed by atoms with E-state index in [4.69, 9.17) is 5.11 Å². The van der Waals surface area contributed by atoms with E-state index in [0.717, 1.165) is 18.4 Å². The molecule has 0 aromatic carbocycles. The Morgan fingerprint density at radius 1 is 1.39 bits per heavy atom. The predicted octanol–water partition coefficient (Wildman–Crippen LogP) is 1.09. The normalized spacial score (nSPS) is 18.9. The average molecular weight is 248 g/mol. The first kappa shape index (κ1) is 12.5. The van der Waals surface area contributed by atoms with Crippen LogP contribution < -0.4 is 0 Å². The van der Waals surface area contributed by atoms with Gasteiger partial charge in [0.1, 0.15) is 0 Å². The SMILES string of the molecule is O=C(O)CC1CCCN1C(=O)Cc1ccncc1. The van der Waals surface area contributed by atoms with Gasteiger partial charge in [-0.15, -0.1) is 0 Å². The molecule has 18 heavy (non-hydrogen) atoms. The van der Waals surface area contributed by atoms with Crippen LogP contribution in [0.1, 0.15) is 24.8 Å². The molecule has 0 radical (unpaired) electrons. The lowest BCUT2D eigenvalue weighted by molar-refractivity contribution is -0.139. The molecule has 0 saturated carbocycles. The van der Waals surface area contributed by atoms with Crippen LogP contribution in [0.2, 0.25) is 0 Å². The van der Waals surface area contributed by atoms with Crippen LogP contribution in [0.5, 0.6) is 0 Å². The second kappa shape index (κ2) is 5.62. The van der Waals surface area contributed by atoms with Crippen LogP contribution in [0, 0.1) is 0 Å². The Hall–Kier alpha value is -1.91. The van der Waals surface area contributed by atoms with E-state index >= 15 is 0 Å². The van der Waals surface area contributed by atoms with Gasteiger partial charge in [0.15, 0.2) is 0 Å². The molecule has 1 atom stereocenters. The first-order valence-corrected chi connectivity index (χ1v) is 6.07. The van der Waals surface area contributed by atoms with Gasteiger partial charge in [-0.25, -0.2) is 0 Å². The zero-order valence-electron chi connectivity index (χ0n) is 10.1. The van der Waals surface area contributed by atoms with E-state index in [2.05, 4.69) is 4.98 Å². The Morgan fingerprint density at radius 2 is 2.11 bits per heavy atom. The zero-order chi connectivity index (χ0) is 13.0. The lowest BCUT2D eigenvalue weighted by atomic mass is 10.1. The van der Waals surface area contributed by atoms with Crippen molar-refractivity contribution in [1.82, 2.24) is 9.88 Å². The number of rotatable bonds is 4. The van der Waals surface area contributed by atoms with Crippen molar-refractivity contribution in [3.8, 4) is 0 Å². The Balaban J connectivity index is 1.98. The van der Waals surface area contributed by atoms with Crippen LogP contribution in [-0.2, 0) is 16.0 Å². The molecule has 1 amide bonds. The fourth-order valence-corrected chi connectivity index (χ4v) is 2.35. The number of aromatic nitrogens is 1. The molecule has 1 fully saturated rings. The van der Waals surface area contributed by atoms with Crippen molar-refractivity contribution in [2.24, 2.45) is 0 Å². The van der Waals surface area contributed by atoms with Gasteiger partial charge in [0, 0.05) is 25.0 Å². The molecule has 1 aliphatic heterocycles. The van der Waals surface area contributed by atoms with Crippen molar-refractivity contribution < 1.29 is 14.7 Å². The molecule has 0 bridgehead atoms. The van der Waals surface area contributed by atoms with Crippen LogP contribution in [0.4, 0.5) is 0 Å². The summed E-state index contributed by atoms with van der Waals surface area (Å²) in [5.41, 5.74) is 0.913. The van der Waals surface area contributed by atoms with Crippen LogP contribution in [0.25, 0.3) is 0 Å². The largest absolute Gasteiger partial charge is 0.481 e. The van der Waals surface area contributed by atoms with Crippen LogP contribution in [-0.4, -0.2) is 39.5 Å². The summed E-state index contributed by atoms with van der Waals surface area (Å²) in [6.45, 7) is 0.669. The highest BCUT2D eigenvalue weighted by molar-refractivity contribution is 5.80. The third-order valence-corrected chi connectivity index (χ3v) is 3.21. The maximum atomic E-state index is 12.1. The Morgan fingerprint density at radius 3 is 2.78 bits per heavy atom. The topological polar surface area (TPSA) is 70.5 Å². The van der Waals surface area contributed by atoms with Gasteiger partial charge in [-0.1, -0.05) is 0 Å². The van der Waals surface area contributed by atoms with E-state index in [1.54, 1.807) is 29.4 Å². The van der Waals surface area contributed by atoms with Crippen molar-refractivity contribution >= 4 is 11.9 Å². The van der Waals surface area contributed by atoms with E-state index in [1.165, 1.54) is 0 Å². The van der Waals surface area contributed by atoms with Crippen molar-refractivity contribution in [3.63, 3.8) is 0 Å². The number of carboxylic acid groups (broad SMARTS) is 1. The monoisotopic (exact) mass is 248 g/mol. The zero-order valence-corrected chi connectivity index (χ0v) is 10.1. The summed E-state index contributed by atoms with van der Waals surface area (Å²) in [6, 6.07) is 3.47. The van der Waals surface area contributed by atoms with Gasteiger partial charge < -0.3 is 10.0 Å². The van der Waals surface area contributed by atoms with Crippen molar-refractivity contribution in [1.29, 1.82) is 0 Å². The average Bonchev–Trinajstić information content (AvgIpc) is 2.77. The number of hydrogen-bond acceptors (Lipinski definition) is 3. The number of aliphatic carboxylic acids is 1. The number of carboxylic acids is 1. The molecule has 1 N–H and O–H groups in total. The van der Waals surface area contributed by atoms with Gasteiger partial charge in [0.05, 0.1) is 12.8 Å². The van der Waals surface area contributed by atoms with Gasteiger partial charge in [0.25, 0.3) is 0 Å². The highest BCUT2D eigenvalue weighted by Crippen LogP contribution is 2.21. The molecule has 5 nitrogen and oxygen atoms in total. The fraction of sp³-hybridized carbons (Fsp3) is 0.462. The van der Waals surface area contributed by atoms with Gasteiger partial charge in [-0.2, -0.15) is 0 Å². The molecule has 2 rings (SSSR count). The quantitative estimate of drug-likeness (QED) is 0.865. The fourth-order valence-electron chi connectivity index (χ4n) is 2.35. The molecular weight excluding hydrogens is 232 g/mol. The van der Waals surface area contributed by atoms with Gasteiger partial charge in [0.2, 0.25) is 5.91 Å². The second-order valence-electron chi connectivity index (χ2n) is 4.51. The maximum absolute atomic E-state index is 12.1. The third kappa shape index (κ3) is 3.06. The maximum Gasteiger partial charge on any atom is 0.305 e. The van der Waals surface area contributed by atoms with E-state index in [0.29, 0.717) is 13.0 Å². The summed E-state index contributed by atoms with van der Waals surface area (Å²) >= 11 is 0. The van der Waals surface area contributed by atoms with Crippen LogP contribution in [0.15, 0.2) is 24.5 Å². The van der Waals surface area contributed by atoms with Gasteiger partial charge in [-0.3, -0.25) is 14.6 Å². The summed E-state index contributed by atoms with van der Waals surface area (Å²) < 4.78 is 0. The highest BCUT2D eigenvalue weighted by Gasteiger charge is 2.29. The van der Waals surface area contributed by atoms with E-state index < -0.39 is 5.97 Å². The minimum atomic E-state index is -0.844. The van der Waals surface area contributed by atoms with Crippen molar-refractivity contribution in [3.05, 3.63) is 30.1 Å². The molecule has 1 unspecified atom stereocenters. The Bertz CT molecular complexity index is 433. The molecule has 0 aliphatic carbocycles. The number of carbonyl (C=O) groups excluding carboxylic acids is 1. The molecule has 1 aliphatic rings. The van der Waals surface area contributed by atoms with Gasteiger partial charge >= 0.3 is 5.97 Å². The lowest BCUT2D eigenvalue weighted by Crippen LogP contribution is -2.37. The number of amides is 1. The van der Waals surface area contributed by atoms with Crippen LogP contribution >= 0.6 is 0 Å². The first-order chi connectivity index (χ1) is 8.66. The van der Waals surface area contributed by atoms with Gasteiger partial charge in [-0.05, 0) is 30.5 Å². The van der Waals surface area contributed by atoms with E-state index in [9.17, 15) is 9.59 Å². The number of likely N-dealkylation sites (tertiary alicyclic amines) is 1. The summed E-state index contributed by atoms with van der Waals surface area (Å²) in [7, 11) is 0. The Kier molecular flexibility index (Phi) is 3.92. The molecule has 5 heteroatoms. The number of hydrogen-bond donors (Lipinski definition) is 1. The number of carbonyl (C=O) groups is 2. The van der Waals surface area contributed by atoms with Crippen molar-refractivity contribution in [2.45, 2.75) is 31.7 Å².